The van der Waals surface area contributed by atoms with Gasteiger partial charge in [-0.25, -0.2) is 4.98 Å². The molecule has 0 atom stereocenters. The molecule has 0 saturated carbocycles. The average molecular weight is 359 g/mol. The molecule has 0 spiro atoms. The normalized spacial score (nSPS) is 14.2. The van der Waals surface area contributed by atoms with Gasteiger partial charge in [-0.3, -0.25) is 4.99 Å². The molecule has 1 aliphatic carbocycles. The summed E-state index contributed by atoms with van der Waals surface area (Å²) in [6.07, 6.45) is 5.48. The molecule has 134 valence electrons. The summed E-state index contributed by atoms with van der Waals surface area (Å²) >= 11 is 1.68. The fourth-order valence-electron chi connectivity index (χ4n) is 3.31. The van der Waals surface area contributed by atoms with E-state index in [-0.39, 0.29) is 0 Å². The van der Waals surface area contributed by atoms with Crippen LogP contribution in [-0.2, 0) is 25.8 Å². The first-order valence-electron chi connectivity index (χ1n) is 8.85. The van der Waals surface area contributed by atoms with Gasteiger partial charge in [0.25, 0.3) is 0 Å². The second-order valence-corrected chi connectivity index (χ2v) is 7.43. The van der Waals surface area contributed by atoms with Gasteiger partial charge in [0.15, 0.2) is 5.96 Å². The summed E-state index contributed by atoms with van der Waals surface area (Å²) in [6.45, 7) is 3.39. The van der Waals surface area contributed by atoms with E-state index in [4.69, 9.17) is 0 Å². The number of fused-ring (bicyclic) bond motifs is 1. The van der Waals surface area contributed by atoms with E-state index in [0.29, 0.717) is 12.3 Å². The van der Waals surface area contributed by atoms with Crippen molar-refractivity contribution in [2.75, 3.05) is 13.6 Å². The molecular weight excluding hydrogens is 332 g/mol. The molecule has 25 heavy (non-hydrogen) atoms. The summed E-state index contributed by atoms with van der Waals surface area (Å²) in [5, 5.41) is 20.1. The minimum Gasteiger partial charge on any atom is -0.508 e. The van der Waals surface area contributed by atoms with E-state index in [1.54, 1.807) is 18.4 Å². The molecule has 0 radical (unpaired) electrons. The van der Waals surface area contributed by atoms with Gasteiger partial charge in [0.2, 0.25) is 0 Å². The van der Waals surface area contributed by atoms with Gasteiger partial charge >= 0.3 is 0 Å². The van der Waals surface area contributed by atoms with E-state index in [9.17, 15) is 5.11 Å². The Labute approximate surface area is 153 Å². The van der Waals surface area contributed by atoms with Crippen molar-refractivity contribution < 1.29 is 5.11 Å². The van der Waals surface area contributed by atoms with Gasteiger partial charge in [-0.15, -0.1) is 11.3 Å². The number of aryl methyl sites for hydroxylation is 2. The van der Waals surface area contributed by atoms with Crippen molar-refractivity contribution in [3.8, 4) is 5.75 Å². The Bertz CT molecular complexity index is 754. The third-order valence-corrected chi connectivity index (χ3v) is 5.45. The van der Waals surface area contributed by atoms with Gasteiger partial charge in [-0.2, -0.15) is 0 Å². The Hall–Kier alpha value is -2.08. The maximum absolute atomic E-state index is 10.3. The number of aromatic nitrogens is 1. The Morgan fingerprint density at radius 1 is 1.28 bits per heavy atom. The number of hydrogen-bond acceptors (Lipinski definition) is 4. The third-order valence-electron chi connectivity index (χ3n) is 4.62. The molecular formula is C19H26N4OS. The van der Waals surface area contributed by atoms with Crippen molar-refractivity contribution in [3.05, 3.63) is 44.9 Å². The zero-order valence-corrected chi connectivity index (χ0v) is 15.7. The Balaban J connectivity index is 1.56. The van der Waals surface area contributed by atoms with E-state index < -0.39 is 0 Å². The van der Waals surface area contributed by atoms with Crippen LogP contribution in [0.3, 0.4) is 0 Å². The van der Waals surface area contributed by atoms with Crippen LogP contribution in [0.2, 0.25) is 0 Å². The van der Waals surface area contributed by atoms with Crippen LogP contribution in [0.25, 0.3) is 0 Å². The number of nitrogens with zero attached hydrogens (tertiary/aromatic N) is 2. The highest BCUT2D eigenvalue weighted by Gasteiger charge is 2.16. The average Bonchev–Trinajstić information content (AvgIpc) is 3.04. The van der Waals surface area contributed by atoms with Crippen LogP contribution in [0.4, 0.5) is 0 Å². The minimum absolute atomic E-state index is 0.376. The predicted molar refractivity (Wildman–Crippen MR) is 104 cm³/mol. The first-order chi connectivity index (χ1) is 12.2. The summed E-state index contributed by atoms with van der Waals surface area (Å²) in [6, 6.07) is 3.89. The van der Waals surface area contributed by atoms with Crippen molar-refractivity contribution in [2.45, 2.75) is 45.6 Å². The number of guanidine groups is 1. The van der Waals surface area contributed by atoms with Crippen LogP contribution in [0.1, 0.15) is 40.2 Å². The van der Waals surface area contributed by atoms with Crippen molar-refractivity contribution >= 4 is 17.3 Å². The number of aliphatic imine (C=N–C) groups is 1. The van der Waals surface area contributed by atoms with E-state index in [1.807, 2.05) is 13.0 Å². The van der Waals surface area contributed by atoms with Crippen molar-refractivity contribution in [1.82, 2.24) is 15.6 Å². The summed E-state index contributed by atoms with van der Waals surface area (Å²) < 4.78 is 0. The monoisotopic (exact) mass is 358 g/mol. The maximum atomic E-state index is 10.3. The van der Waals surface area contributed by atoms with Crippen LogP contribution in [0, 0.1) is 6.92 Å². The topological polar surface area (TPSA) is 69.5 Å². The second kappa shape index (κ2) is 8.34. The molecule has 3 rings (SSSR count). The van der Waals surface area contributed by atoms with Gasteiger partial charge in [0, 0.05) is 37.5 Å². The fourth-order valence-corrected chi connectivity index (χ4v) is 3.96. The van der Waals surface area contributed by atoms with Gasteiger partial charge < -0.3 is 15.7 Å². The smallest absolute Gasteiger partial charge is 0.191 e. The van der Waals surface area contributed by atoms with Gasteiger partial charge in [0.05, 0.1) is 10.7 Å². The van der Waals surface area contributed by atoms with Crippen LogP contribution in [0.5, 0.6) is 5.75 Å². The first kappa shape index (κ1) is 17.7. The van der Waals surface area contributed by atoms with Gasteiger partial charge in [-0.05, 0) is 49.8 Å². The van der Waals surface area contributed by atoms with Gasteiger partial charge in [-0.1, -0.05) is 6.07 Å². The Kier molecular flexibility index (Phi) is 5.91. The maximum Gasteiger partial charge on any atom is 0.191 e. The number of phenolic OH excluding ortho intramolecular Hbond substituents is 1. The number of thiazole rings is 1. The lowest BCUT2D eigenvalue weighted by Crippen LogP contribution is -2.38. The predicted octanol–water partition coefficient (Wildman–Crippen LogP) is 2.94. The van der Waals surface area contributed by atoms with E-state index in [1.165, 1.54) is 24.0 Å². The number of aromatic hydroxyl groups is 1. The third kappa shape index (κ3) is 4.51. The van der Waals surface area contributed by atoms with Crippen LogP contribution < -0.4 is 10.6 Å². The standard InChI is InChI=1S/C19H26N4OS/c1-13-23-15(12-25-13)9-10-21-19(20-2)22-11-17-16-6-4-3-5-14(16)7-8-18(17)24/h7-8,12,24H,3-6,9-11H2,1-2H3,(H2,20,21,22). The molecule has 5 nitrogen and oxygen atoms in total. The molecule has 0 amide bonds. The molecule has 0 bridgehead atoms. The lowest BCUT2D eigenvalue weighted by molar-refractivity contribution is 0.464. The van der Waals surface area contributed by atoms with Crippen molar-refractivity contribution in [3.63, 3.8) is 0 Å². The lowest BCUT2D eigenvalue weighted by Gasteiger charge is -2.21. The first-order valence-corrected chi connectivity index (χ1v) is 9.73. The Morgan fingerprint density at radius 2 is 2.12 bits per heavy atom. The lowest BCUT2D eigenvalue weighted by atomic mass is 9.88. The summed E-state index contributed by atoms with van der Waals surface area (Å²) in [4.78, 5) is 8.75. The van der Waals surface area contributed by atoms with Crippen LogP contribution >= 0.6 is 11.3 Å². The quantitative estimate of drug-likeness (QED) is 0.568. The highest BCUT2D eigenvalue weighted by atomic mass is 32.1. The molecule has 0 unspecified atom stereocenters. The SMILES string of the molecule is CN=C(NCCc1csc(C)n1)NCc1c(O)ccc2c1CCCC2. The molecule has 0 saturated heterocycles. The molecule has 1 heterocycles. The molecule has 1 aliphatic rings. The number of phenols is 1. The van der Waals surface area contributed by atoms with Crippen LogP contribution in [0.15, 0.2) is 22.5 Å². The van der Waals surface area contributed by atoms with Gasteiger partial charge in [0.1, 0.15) is 5.75 Å². The van der Waals surface area contributed by atoms with E-state index >= 15 is 0 Å². The van der Waals surface area contributed by atoms with E-state index in [0.717, 1.165) is 48.0 Å². The Morgan fingerprint density at radius 3 is 2.88 bits per heavy atom. The molecule has 0 aliphatic heterocycles. The molecule has 2 aromatic rings. The summed E-state index contributed by atoms with van der Waals surface area (Å²) in [7, 11) is 1.77. The number of hydrogen-bond donors (Lipinski definition) is 3. The minimum atomic E-state index is 0.376. The fraction of sp³-hybridized carbons (Fsp3) is 0.474. The zero-order valence-electron chi connectivity index (χ0n) is 14.9. The van der Waals surface area contributed by atoms with Crippen molar-refractivity contribution in [2.24, 2.45) is 4.99 Å². The van der Waals surface area contributed by atoms with Crippen molar-refractivity contribution in [1.29, 1.82) is 0 Å². The highest BCUT2D eigenvalue weighted by molar-refractivity contribution is 7.09. The second-order valence-electron chi connectivity index (χ2n) is 6.37. The molecule has 6 heteroatoms. The highest BCUT2D eigenvalue weighted by Crippen LogP contribution is 2.30. The number of rotatable bonds is 5. The molecule has 1 aromatic carbocycles. The van der Waals surface area contributed by atoms with Crippen LogP contribution in [-0.4, -0.2) is 29.6 Å². The largest absolute Gasteiger partial charge is 0.508 e. The summed E-state index contributed by atoms with van der Waals surface area (Å²) in [5.74, 6) is 1.13. The zero-order chi connectivity index (χ0) is 17.6. The summed E-state index contributed by atoms with van der Waals surface area (Å²) in [5.41, 5.74) is 4.81. The number of nitrogens with one attached hydrogen (secondary N) is 2. The molecule has 1 aromatic heterocycles. The molecule has 3 N–H and O–H groups in total. The number of benzene rings is 1. The molecule has 0 fully saturated rings. The van der Waals surface area contributed by atoms with E-state index in [2.05, 4.69) is 32.1 Å².